The van der Waals surface area contributed by atoms with E-state index in [2.05, 4.69) is 10.2 Å². The molecule has 6 heteroatoms. The van der Waals surface area contributed by atoms with Crippen LogP contribution in [-0.4, -0.2) is 61.4 Å². The van der Waals surface area contributed by atoms with E-state index in [0.29, 0.717) is 18.4 Å². The van der Waals surface area contributed by atoms with Crippen molar-refractivity contribution in [3.05, 3.63) is 0 Å². The lowest BCUT2D eigenvalue weighted by Crippen LogP contribution is -2.49. The number of rotatable bonds is 5. The molecule has 2 amide bonds. The maximum Gasteiger partial charge on any atom is 0.227 e. The Morgan fingerprint density at radius 3 is 2.21 bits per heavy atom. The Labute approximate surface area is 151 Å². The summed E-state index contributed by atoms with van der Waals surface area (Å²) < 4.78 is 0. The van der Waals surface area contributed by atoms with Gasteiger partial charge in [-0.15, -0.1) is 12.4 Å². The van der Waals surface area contributed by atoms with E-state index in [9.17, 15) is 9.59 Å². The van der Waals surface area contributed by atoms with E-state index < -0.39 is 0 Å². The van der Waals surface area contributed by atoms with Crippen LogP contribution in [0.15, 0.2) is 0 Å². The Bertz CT molecular complexity index is 434. The van der Waals surface area contributed by atoms with Gasteiger partial charge in [0.1, 0.15) is 0 Å². The van der Waals surface area contributed by atoms with Gasteiger partial charge in [0, 0.05) is 32.1 Å². The summed E-state index contributed by atoms with van der Waals surface area (Å²) in [5.74, 6) is 1.66. The van der Waals surface area contributed by atoms with Gasteiger partial charge < -0.3 is 15.1 Å². The fourth-order valence-electron chi connectivity index (χ4n) is 4.02. The number of nitrogens with one attached hydrogen (secondary N) is 1. The third-order valence-electron chi connectivity index (χ3n) is 5.74. The van der Waals surface area contributed by atoms with E-state index in [4.69, 9.17) is 0 Å². The van der Waals surface area contributed by atoms with Crippen LogP contribution in [0.25, 0.3) is 0 Å². The highest BCUT2D eigenvalue weighted by Gasteiger charge is 2.38. The molecule has 0 aromatic rings. The molecular formula is C18H32ClN3O2. The number of halogens is 1. The van der Waals surface area contributed by atoms with Gasteiger partial charge in [0.25, 0.3) is 0 Å². The molecule has 1 N–H and O–H groups in total. The molecule has 2 saturated heterocycles. The van der Waals surface area contributed by atoms with Gasteiger partial charge in [0.2, 0.25) is 11.8 Å². The Morgan fingerprint density at radius 2 is 1.58 bits per heavy atom. The fraction of sp³-hybridized carbons (Fsp3) is 0.889. The molecule has 3 rings (SSSR count). The topological polar surface area (TPSA) is 52.7 Å². The SMILES string of the molecule is CNCCC1CCN(C(=O)C2CCCN(C(=O)C3CC3)C2)CC1.Cl. The van der Waals surface area contributed by atoms with Gasteiger partial charge in [-0.25, -0.2) is 0 Å². The molecule has 2 aliphatic heterocycles. The summed E-state index contributed by atoms with van der Waals surface area (Å²) in [5, 5.41) is 3.21. The monoisotopic (exact) mass is 357 g/mol. The van der Waals surface area contributed by atoms with Crippen LogP contribution in [-0.2, 0) is 9.59 Å². The molecular weight excluding hydrogens is 326 g/mol. The van der Waals surface area contributed by atoms with Crippen molar-refractivity contribution < 1.29 is 9.59 Å². The summed E-state index contributed by atoms with van der Waals surface area (Å²) in [5.41, 5.74) is 0. The maximum absolute atomic E-state index is 12.8. The van der Waals surface area contributed by atoms with Crippen molar-refractivity contribution >= 4 is 24.2 Å². The van der Waals surface area contributed by atoms with Crippen LogP contribution in [0.2, 0.25) is 0 Å². The molecule has 2 heterocycles. The third-order valence-corrected chi connectivity index (χ3v) is 5.74. The predicted octanol–water partition coefficient (Wildman–Crippen LogP) is 1.90. The molecule has 0 spiro atoms. The van der Waals surface area contributed by atoms with E-state index in [1.165, 1.54) is 6.42 Å². The molecule has 1 aliphatic carbocycles. The molecule has 0 radical (unpaired) electrons. The van der Waals surface area contributed by atoms with E-state index >= 15 is 0 Å². The van der Waals surface area contributed by atoms with Gasteiger partial charge in [-0.3, -0.25) is 9.59 Å². The van der Waals surface area contributed by atoms with Crippen LogP contribution in [0, 0.1) is 17.8 Å². The molecule has 0 aromatic heterocycles. The number of likely N-dealkylation sites (tertiary alicyclic amines) is 2. The average molecular weight is 358 g/mol. The van der Waals surface area contributed by atoms with Crippen molar-refractivity contribution in [3.8, 4) is 0 Å². The van der Waals surface area contributed by atoms with Gasteiger partial charge in [0.05, 0.1) is 5.92 Å². The van der Waals surface area contributed by atoms with Crippen LogP contribution in [0.3, 0.4) is 0 Å². The summed E-state index contributed by atoms with van der Waals surface area (Å²) in [7, 11) is 2.00. The minimum absolute atomic E-state index is 0. The number of amides is 2. The Morgan fingerprint density at radius 1 is 0.917 bits per heavy atom. The van der Waals surface area contributed by atoms with Gasteiger partial charge in [-0.1, -0.05) is 0 Å². The highest BCUT2D eigenvalue weighted by atomic mass is 35.5. The van der Waals surface area contributed by atoms with Gasteiger partial charge in [-0.05, 0) is 64.5 Å². The van der Waals surface area contributed by atoms with Gasteiger partial charge in [-0.2, -0.15) is 0 Å². The molecule has 138 valence electrons. The Hall–Kier alpha value is -0.810. The maximum atomic E-state index is 12.8. The first-order valence-corrected chi connectivity index (χ1v) is 9.41. The number of carbonyl (C=O) groups is 2. The summed E-state index contributed by atoms with van der Waals surface area (Å²) in [6.45, 7) is 4.39. The quantitative estimate of drug-likeness (QED) is 0.817. The molecule has 3 aliphatic rings. The number of hydrogen-bond acceptors (Lipinski definition) is 3. The van der Waals surface area contributed by atoms with Crippen molar-refractivity contribution in [1.29, 1.82) is 0 Å². The second-order valence-electron chi connectivity index (χ2n) is 7.56. The number of carbonyl (C=O) groups excluding carboxylic acids is 2. The molecule has 0 bridgehead atoms. The summed E-state index contributed by atoms with van der Waals surface area (Å²) in [6.07, 6.45) is 7.50. The predicted molar refractivity (Wildman–Crippen MR) is 97.1 cm³/mol. The van der Waals surface area contributed by atoms with Crippen LogP contribution in [0.1, 0.15) is 44.9 Å². The molecule has 1 saturated carbocycles. The lowest BCUT2D eigenvalue weighted by molar-refractivity contribution is -0.142. The van der Waals surface area contributed by atoms with Crippen molar-refractivity contribution in [2.75, 3.05) is 39.8 Å². The zero-order valence-electron chi connectivity index (χ0n) is 14.8. The van der Waals surface area contributed by atoms with Crippen LogP contribution in [0.4, 0.5) is 0 Å². The number of nitrogens with zero attached hydrogens (tertiary/aromatic N) is 2. The normalized spacial score (nSPS) is 25.3. The largest absolute Gasteiger partial charge is 0.342 e. The molecule has 1 unspecified atom stereocenters. The van der Waals surface area contributed by atoms with E-state index in [-0.39, 0.29) is 24.2 Å². The number of piperidine rings is 2. The molecule has 5 nitrogen and oxygen atoms in total. The minimum atomic E-state index is 0. The third kappa shape index (κ3) is 4.85. The van der Waals surface area contributed by atoms with Crippen LogP contribution in [0.5, 0.6) is 0 Å². The summed E-state index contributed by atoms with van der Waals surface area (Å²) in [4.78, 5) is 29.1. The van der Waals surface area contributed by atoms with Crippen molar-refractivity contribution in [2.24, 2.45) is 17.8 Å². The lowest BCUT2D eigenvalue weighted by atomic mass is 9.91. The van der Waals surface area contributed by atoms with E-state index in [0.717, 1.165) is 70.6 Å². The summed E-state index contributed by atoms with van der Waals surface area (Å²) in [6, 6.07) is 0. The second kappa shape index (κ2) is 9.04. The highest BCUT2D eigenvalue weighted by molar-refractivity contribution is 5.85. The number of hydrogen-bond donors (Lipinski definition) is 1. The molecule has 0 aromatic carbocycles. The summed E-state index contributed by atoms with van der Waals surface area (Å²) >= 11 is 0. The first-order valence-electron chi connectivity index (χ1n) is 9.41. The van der Waals surface area contributed by atoms with Crippen molar-refractivity contribution in [3.63, 3.8) is 0 Å². The van der Waals surface area contributed by atoms with Crippen LogP contribution >= 0.6 is 12.4 Å². The Kier molecular flexibility index (Phi) is 7.35. The average Bonchev–Trinajstić information content (AvgIpc) is 3.44. The molecule has 24 heavy (non-hydrogen) atoms. The van der Waals surface area contributed by atoms with Crippen LogP contribution < -0.4 is 5.32 Å². The van der Waals surface area contributed by atoms with Crippen molar-refractivity contribution in [2.45, 2.75) is 44.9 Å². The van der Waals surface area contributed by atoms with Crippen molar-refractivity contribution in [1.82, 2.24) is 15.1 Å². The first kappa shape index (κ1) is 19.5. The zero-order chi connectivity index (χ0) is 16.2. The van der Waals surface area contributed by atoms with Gasteiger partial charge >= 0.3 is 0 Å². The second-order valence-corrected chi connectivity index (χ2v) is 7.56. The smallest absolute Gasteiger partial charge is 0.227 e. The standard InChI is InChI=1S/C18H31N3O2.ClH/c1-19-9-6-14-7-11-20(12-8-14)18(23)16-3-2-10-21(13-16)17(22)15-4-5-15;/h14-16,19H,2-13H2,1H3;1H. The highest BCUT2D eigenvalue weighted by Crippen LogP contribution is 2.33. The van der Waals surface area contributed by atoms with E-state index in [1.807, 2.05) is 11.9 Å². The first-order chi connectivity index (χ1) is 11.2. The Balaban J connectivity index is 0.00000208. The zero-order valence-corrected chi connectivity index (χ0v) is 15.7. The van der Waals surface area contributed by atoms with Gasteiger partial charge in [0.15, 0.2) is 0 Å². The molecule has 1 atom stereocenters. The minimum Gasteiger partial charge on any atom is -0.342 e. The molecule has 3 fully saturated rings. The lowest BCUT2D eigenvalue weighted by Gasteiger charge is -2.38. The fourth-order valence-corrected chi connectivity index (χ4v) is 4.02. The van der Waals surface area contributed by atoms with E-state index in [1.54, 1.807) is 0 Å².